The van der Waals surface area contributed by atoms with Crippen molar-refractivity contribution in [3.63, 3.8) is 0 Å². The number of pyridine rings is 1. The molecule has 0 spiro atoms. The first-order chi connectivity index (χ1) is 8.70. The fourth-order valence-corrected chi connectivity index (χ4v) is 1.90. The summed E-state index contributed by atoms with van der Waals surface area (Å²) in [4.78, 5) is 24.3. The molecule has 0 radical (unpaired) electrons. The van der Waals surface area contributed by atoms with E-state index in [2.05, 4.69) is 0 Å². The highest BCUT2D eigenvalue weighted by Gasteiger charge is 2.34. The molecule has 1 heterocycles. The molecule has 100 valence electrons. The standard InChI is InChI=1S/C12H8F3NO3/c1-5-2-6-7(11(18)19)4-9(17)16-10(6)8(3-5)12(13,14)15/h2-4H,1H3,(H,16,17)(H,18,19). The van der Waals surface area contributed by atoms with E-state index in [1.165, 1.54) is 13.0 Å². The molecule has 0 unspecified atom stereocenters. The van der Waals surface area contributed by atoms with E-state index in [4.69, 9.17) is 5.11 Å². The largest absolute Gasteiger partial charge is 0.478 e. The lowest BCUT2D eigenvalue weighted by Crippen LogP contribution is -2.15. The Hall–Kier alpha value is -2.31. The quantitative estimate of drug-likeness (QED) is 0.837. The first kappa shape index (κ1) is 13.1. The number of carboxylic acid groups (broad SMARTS) is 1. The van der Waals surface area contributed by atoms with Crippen molar-refractivity contribution in [2.75, 3.05) is 0 Å². The Morgan fingerprint density at radius 2 is 1.89 bits per heavy atom. The summed E-state index contributed by atoms with van der Waals surface area (Å²) >= 11 is 0. The maximum atomic E-state index is 12.9. The van der Waals surface area contributed by atoms with Crippen molar-refractivity contribution in [1.82, 2.24) is 4.98 Å². The minimum absolute atomic E-state index is 0.139. The molecule has 19 heavy (non-hydrogen) atoms. The normalized spacial score (nSPS) is 11.8. The van der Waals surface area contributed by atoms with E-state index in [0.717, 1.165) is 12.1 Å². The SMILES string of the molecule is Cc1cc(C(F)(F)F)c2[nH]c(=O)cc(C(=O)O)c2c1. The van der Waals surface area contributed by atoms with Crippen LogP contribution in [0.15, 0.2) is 23.0 Å². The maximum absolute atomic E-state index is 12.9. The van der Waals surface area contributed by atoms with Gasteiger partial charge in [0.2, 0.25) is 5.56 Å². The lowest BCUT2D eigenvalue weighted by Gasteiger charge is -2.12. The van der Waals surface area contributed by atoms with E-state index in [-0.39, 0.29) is 10.9 Å². The zero-order valence-corrected chi connectivity index (χ0v) is 9.63. The number of rotatable bonds is 1. The van der Waals surface area contributed by atoms with E-state index in [1.807, 2.05) is 4.98 Å². The predicted octanol–water partition coefficient (Wildman–Crippen LogP) is 2.55. The van der Waals surface area contributed by atoms with Crippen molar-refractivity contribution < 1.29 is 23.1 Å². The zero-order chi connectivity index (χ0) is 14.4. The van der Waals surface area contributed by atoms with Crippen LogP contribution in [0.4, 0.5) is 13.2 Å². The lowest BCUT2D eigenvalue weighted by molar-refractivity contribution is -0.136. The molecule has 0 aliphatic heterocycles. The Morgan fingerprint density at radius 3 is 2.42 bits per heavy atom. The number of carboxylic acids is 1. The minimum atomic E-state index is -4.68. The maximum Gasteiger partial charge on any atom is 0.418 e. The molecule has 0 aliphatic rings. The first-order valence-corrected chi connectivity index (χ1v) is 5.18. The van der Waals surface area contributed by atoms with Gasteiger partial charge in [0.25, 0.3) is 0 Å². The molecule has 0 atom stereocenters. The van der Waals surface area contributed by atoms with Gasteiger partial charge in [-0.15, -0.1) is 0 Å². The highest BCUT2D eigenvalue weighted by atomic mass is 19.4. The van der Waals surface area contributed by atoms with Crippen molar-refractivity contribution >= 4 is 16.9 Å². The average Bonchev–Trinajstić information content (AvgIpc) is 2.26. The fraction of sp³-hybridized carbons (Fsp3) is 0.167. The molecule has 1 aromatic heterocycles. The van der Waals surface area contributed by atoms with Gasteiger partial charge in [-0.3, -0.25) is 4.79 Å². The van der Waals surface area contributed by atoms with E-state index < -0.39 is 34.3 Å². The summed E-state index contributed by atoms with van der Waals surface area (Å²) in [5.74, 6) is -1.45. The summed E-state index contributed by atoms with van der Waals surface area (Å²) in [6.45, 7) is 1.42. The zero-order valence-electron chi connectivity index (χ0n) is 9.63. The molecule has 0 bridgehead atoms. The topological polar surface area (TPSA) is 70.2 Å². The smallest absolute Gasteiger partial charge is 0.418 e. The number of benzene rings is 1. The summed E-state index contributed by atoms with van der Waals surface area (Å²) in [5, 5.41) is 8.82. The van der Waals surface area contributed by atoms with Gasteiger partial charge in [0.15, 0.2) is 0 Å². The van der Waals surface area contributed by atoms with Crippen LogP contribution >= 0.6 is 0 Å². The van der Waals surface area contributed by atoms with Gasteiger partial charge in [0.1, 0.15) is 0 Å². The number of hydrogen-bond acceptors (Lipinski definition) is 2. The van der Waals surface area contributed by atoms with E-state index in [1.54, 1.807) is 0 Å². The highest BCUT2D eigenvalue weighted by molar-refractivity contribution is 6.03. The fourth-order valence-electron chi connectivity index (χ4n) is 1.90. The second-order valence-electron chi connectivity index (χ2n) is 4.09. The molecule has 7 heteroatoms. The number of aromatic amines is 1. The molecular formula is C12H8F3NO3. The van der Waals surface area contributed by atoms with Crippen molar-refractivity contribution in [2.45, 2.75) is 13.1 Å². The number of aromatic nitrogens is 1. The molecule has 0 fully saturated rings. The van der Waals surface area contributed by atoms with Crippen LogP contribution in [-0.2, 0) is 6.18 Å². The number of carbonyl (C=O) groups is 1. The summed E-state index contributed by atoms with van der Waals surface area (Å²) in [6.07, 6.45) is -4.68. The number of halogens is 3. The molecule has 0 amide bonds. The summed E-state index contributed by atoms with van der Waals surface area (Å²) in [5.41, 5.74) is -2.65. The summed E-state index contributed by atoms with van der Waals surface area (Å²) < 4.78 is 38.7. The van der Waals surface area contributed by atoms with Crippen LogP contribution in [0.25, 0.3) is 10.9 Å². The molecule has 0 saturated heterocycles. The Balaban J connectivity index is 3.02. The van der Waals surface area contributed by atoms with E-state index in [9.17, 15) is 22.8 Å². The molecule has 2 aromatic rings. The second-order valence-corrected chi connectivity index (χ2v) is 4.09. The number of aromatic carboxylic acids is 1. The molecule has 1 aromatic carbocycles. The Labute approximate surface area is 104 Å². The van der Waals surface area contributed by atoms with Gasteiger partial charge in [-0.25, -0.2) is 4.79 Å². The van der Waals surface area contributed by atoms with Gasteiger partial charge in [0.05, 0.1) is 16.6 Å². The van der Waals surface area contributed by atoms with Crippen LogP contribution in [0.2, 0.25) is 0 Å². The number of nitrogens with one attached hydrogen (secondary N) is 1. The summed E-state index contributed by atoms with van der Waals surface area (Å²) in [7, 11) is 0. The third-order valence-electron chi connectivity index (χ3n) is 2.63. The van der Waals surface area contributed by atoms with E-state index in [0.29, 0.717) is 0 Å². The molecule has 0 aliphatic carbocycles. The van der Waals surface area contributed by atoms with Gasteiger partial charge in [-0.05, 0) is 24.6 Å². The van der Waals surface area contributed by atoms with Crippen molar-refractivity contribution in [1.29, 1.82) is 0 Å². The number of alkyl halides is 3. The second kappa shape index (κ2) is 4.11. The van der Waals surface area contributed by atoms with Crippen LogP contribution in [-0.4, -0.2) is 16.1 Å². The Kier molecular flexibility index (Phi) is 2.84. The van der Waals surface area contributed by atoms with Crippen LogP contribution in [0.3, 0.4) is 0 Å². The van der Waals surface area contributed by atoms with Crippen molar-refractivity contribution in [3.05, 3.63) is 45.2 Å². The molecular weight excluding hydrogens is 263 g/mol. The highest BCUT2D eigenvalue weighted by Crippen LogP contribution is 2.35. The predicted molar refractivity (Wildman–Crippen MR) is 61.3 cm³/mol. The van der Waals surface area contributed by atoms with Crippen LogP contribution in [0.5, 0.6) is 0 Å². The van der Waals surface area contributed by atoms with Crippen LogP contribution in [0, 0.1) is 6.92 Å². The van der Waals surface area contributed by atoms with Crippen molar-refractivity contribution in [3.8, 4) is 0 Å². The van der Waals surface area contributed by atoms with Gasteiger partial charge in [0, 0.05) is 11.5 Å². The third-order valence-corrected chi connectivity index (χ3v) is 2.63. The number of H-pyrrole nitrogens is 1. The Bertz CT molecular complexity index is 731. The van der Waals surface area contributed by atoms with Gasteiger partial charge in [-0.1, -0.05) is 0 Å². The number of fused-ring (bicyclic) bond motifs is 1. The molecule has 2 rings (SSSR count). The molecule has 4 nitrogen and oxygen atoms in total. The summed E-state index contributed by atoms with van der Waals surface area (Å²) in [6, 6.07) is 2.93. The van der Waals surface area contributed by atoms with Crippen LogP contribution < -0.4 is 5.56 Å². The third kappa shape index (κ3) is 2.31. The van der Waals surface area contributed by atoms with Crippen LogP contribution in [0.1, 0.15) is 21.5 Å². The Morgan fingerprint density at radius 1 is 1.26 bits per heavy atom. The first-order valence-electron chi connectivity index (χ1n) is 5.18. The van der Waals surface area contributed by atoms with Gasteiger partial charge >= 0.3 is 12.1 Å². The number of aryl methyl sites for hydroxylation is 1. The van der Waals surface area contributed by atoms with Gasteiger partial charge < -0.3 is 10.1 Å². The minimum Gasteiger partial charge on any atom is -0.478 e. The van der Waals surface area contributed by atoms with E-state index >= 15 is 0 Å². The molecule has 0 saturated carbocycles. The number of hydrogen-bond donors (Lipinski definition) is 2. The van der Waals surface area contributed by atoms with Gasteiger partial charge in [-0.2, -0.15) is 13.2 Å². The monoisotopic (exact) mass is 271 g/mol. The van der Waals surface area contributed by atoms with Crippen molar-refractivity contribution in [2.24, 2.45) is 0 Å². The lowest BCUT2D eigenvalue weighted by atomic mass is 10.0. The molecule has 2 N–H and O–H groups in total. The average molecular weight is 271 g/mol.